The van der Waals surface area contributed by atoms with Crippen molar-refractivity contribution in [3.8, 4) is 17.0 Å². The molecule has 0 unspecified atom stereocenters. The van der Waals surface area contributed by atoms with Crippen LogP contribution in [0.2, 0.25) is 0 Å². The first-order valence-corrected chi connectivity index (χ1v) is 11.4. The Balaban J connectivity index is 1.24. The molecule has 5 rings (SSSR count). The molecular weight excluding hydrogens is 461 g/mol. The third-order valence-electron chi connectivity index (χ3n) is 7.14. The van der Waals surface area contributed by atoms with Crippen molar-refractivity contribution in [2.75, 3.05) is 26.7 Å². The van der Waals surface area contributed by atoms with Gasteiger partial charge in [-0.2, -0.15) is 13.2 Å². The van der Waals surface area contributed by atoms with Gasteiger partial charge in [-0.25, -0.2) is 9.78 Å². The number of piperidine rings is 1. The van der Waals surface area contributed by atoms with Crippen LogP contribution in [0.15, 0.2) is 58.4 Å². The summed E-state index contributed by atoms with van der Waals surface area (Å²) in [6, 6.07) is 8.96. The lowest BCUT2D eigenvalue weighted by atomic mass is 9.94. The van der Waals surface area contributed by atoms with Gasteiger partial charge >= 0.3 is 11.9 Å². The monoisotopic (exact) mass is 486 g/mol. The van der Waals surface area contributed by atoms with Gasteiger partial charge in [-0.05, 0) is 55.1 Å². The van der Waals surface area contributed by atoms with E-state index in [1.165, 1.54) is 30.0 Å². The second-order valence-corrected chi connectivity index (χ2v) is 9.28. The fourth-order valence-corrected chi connectivity index (χ4v) is 5.29. The van der Waals surface area contributed by atoms with E-state index in [4.69, 9.17) is 4.74 Å². The number of rotatable bonds is 7. The van der Waals surface area contributed by atoms with Crippen molar-refractivity contribution in [3.05, 3.63) is 80.8 Å². The molecule has 1 aliphatic carbocycles. The summed E-state index contributed by atoms with van der Waals surface area (Å²) in [5.41, 5.74) is 0.0940. The van der Waals surface area contributed by atoms with E-state index < -0.39 is 23.0 Å². The molecule has 0 radical (unpaired) electrons. The van der Waals surface area contributed by atoms with Gasteiger partial charge < -0.3 is 9.64 Å². The maximum absolute atomic E-state index is 12.9. The molecule has 2 aliphatic rings. The van der Waals surface area contributed by atoms with E-state index in [1.54, 1.807) is 30.5 Å². The quantitative estimate of drug-likeness (QED) is 0.555. The number of aryl methyl sites for hydroxylation is 1. The summed E-state index contributed by atoms with van der Waals surface area (Å²) in [7, 11) is 1.47. The minimum atomic E-state index is -4.33. The van der Waals surface area contributed by atoms with Gasteiger partial charge in [0.25, 0.3) is 5.56 Å². The van der Waals surface area contributed by atoms with Crippen LogP contribution >= 0.6 is 0 Å². The van der Waals surface area contributed by atoms with E-state index >= 15 is 0 Å². The molecule has 3 aromatic rings. The molecule has 1 N–H and O–H groups in total. The molecule has 0 amide bonds. The second-order valence-electron chi connectivity index (χ2n) is 9.28. The number of aromatic nitrogens is 3. The Morgan fingerprint density at radius 1 is 1.14 bits per heavy atom. The lowest BCUT2D eigenvalue weighted by Crippen LogP contribution is -2.32. The highest BCUT2D eigenvalue weighted by atomic mass is 19.4. The van der Waals surface area contributed by atoms with Crippen LogP contribution in [-0.2, 0) is 18.1 Å². The van der Waals surface area contributed by atoms with Gasteiger partial charge in [0.2, 0.25) is 5.88 Å². The summed E-state index contributed by atoms with van der Waals surface area (Å²) in [6.07, 6.45) is 0.440. The maximum atomic E-state index is 12.9. The van der Waals surface area contributed by atoms with Gasteiger partial charge in [0.15, 0.2) is 0 Å². The van der Waals surface area contributed by atoms with Gasteiger partial charge in [-0.3, -0.25) is 14.3 Å². The smallest absolute Gasteiger partial charge is 0.416 e. The summed E-state index contributed by atoms with van der Waals surface area (Å²) in [5.74, 6) is 0.743. The summed E-state index contributed by atoms with van der Waals surface area (Å²) >= 11 is 0. The lowest BCUT2D eigenvalue weighted by Gasteiger charge is -2.21. The van der Waals surface area contributed by atoms with Crippen LogP contribution < -0.4 is 16.0 Å². The first kappa shape index (κ1) is 23.3. The minimum Gasteiger partial charge on any atom is -0.481 e. The molecule has 10 heteroatoms. The van der Waals surface area contributed by atoms with Crippen molar-refractivity contribution >= 4 is 0 Å². The molecule has 1 saturated heterocycles. The van der Waals surface area contributed by atoms with Crippen LogP contribution in [0.3, 0.4) is 0 Å². The van der Waals surface area contributed by atoms with E-state index in [9.17, 15) is 22.8 Å². The zero-order valence-corrected chi connectivity index (χ0v) is 19.1. The number of halogens is 3. The maximum Gasteiger partial charge on any atom is 0.416 e. The number of ether oxygens (including phenoxy) is 1. The highest BCUT2D eigenvalue weighted by Crippen LogP contribution is 2.59. The Hall–Kier alpha value is -3.40. The Kier molecular flexibility index (Phi) is 5.79. The van der Waals surface area contributed by atoms with E-state index in [-0.39, 0.29) is 5.41 Å². The van der Waals surface area contributed by atoms with Crippen molar-refractivity contribution < 1.29 is 17.9 Å². The van der Waals surface area contributed by atoms with E-state index in [0.717, 1.165) is 31.6 Å². The van der Waals surface area contributed by atoms with Gasteiger partial charge in [0, 0.05) is 37.4 Å². The molecule has 0 bridgehead atoms. The predicted octanol–water partition coefficient (Wildman–Crippen LogP) is 3.29. The van der Waals surface area contributed by atoms with Crippen LogP contribution in [0.4, 0.5) is 13.2 Å². The second kappa shape index (κ2) is 8.67. The van der Waals surface area contributed by atoms with E-state index in [1.807, 2.05) is 0 Å². The zero-order chi connectivity index (χ0) is 24.8. The normalized spacial score (nSPS) is 21.7. The Bertz CT molecular complexity index is 1350. The van der Waals surface area contributed by atoms with Crippen molar-refractivity contribution in [3.63, 3.8) is 0 Å². The molecule has 2 fully saturated rings. The number of hydrogen-bond donors (Lipinski definition) is 1. The largest absolute Gasteiger partial charge is 0.481 e. The standard InChI is InChI=1S/C25H25F3N4O3/c1-35-22-19(4-2-9-29-22)20-14-32(23(34)30-21(20)33)11-3-10-31-13-18-12-24(18,15-31)16-5-7-17(8-6-16)25(26,27)28/h2,4-9,14,18H,3,10-13,15H2,1H3,(H,30,33,34)/t18-,24+/m0/s1. The number of pyridine rings is 1. The zero-order valence-electron chi connectivity index (χ0n) is 19.1. The molecule has 1 saturated carbocycles. The number of H-pyrrole nitrogens is 1. The summed E-state index contributed by atoms with van der Waals surface area (Å²) in [4.78, 5) is 33.6. The number of benzene rings is 1. The molecular formula is C25H25F3N4O3. The third-order valence-corrected chi connectivity index (χ3v) is 7.14. The number of likely N-dealkylation sites (tertiary alicyclic amines) is 1. The Labute approximate surface area is 199 Å². The highest BCUT2D eigenvalue weighted by molar-refractivity contribution is 5.66. The number of methoxy groups -OCH3 is 1. The summed E-state index contributed by atoms with van der Waals surface area (Å²) in [5, 5.41) is 0. The predicted molar refractivity (Wildman–Crippen MR) is 123 cm³/mol. The molecule has 184 valence electrons. The average molecular weight is 486 g/mol. The average Bonchev–Trinajstić information content (AvgIpc) is 3.41. The van der Waals surface area contributed by atoms with Crippen LogP contribution in [0.1, 0.15) is 24.0 Å². The first-order chi connectivity index (χ1) is 16.7. The Morgan fingerprint density at radius 3 is 2.63 bits per heavy atom. The number of alkyl halides is 3. The van der Waals surface area contributed by atoms with Crippen molar-refractivity contribution in [1.29, 1.82) is 0 Å². The molecule has 2 aromatic heterocycles. The topological polar surface area (TPSA) is 80.2 Å². The molecule has 0 spiro atoms. The molecule has 2 atom stereocenters. The molecule has 35 heavy (non-hydrogen) atoms. The first-order valence-electron chi connectivity index (χ1n) is 11.4. The molecule has 1 aromatic carbocycles. The molecule has 7 nitrogen and oxygen atoms in total. The van der Waals surface area contributed by atoms with Crippen molar-refractivity contribution in [1.82, 2.24) is 19.4 Å². The van der Waals surface area contributed by atoms with E-state index in [2.05, 4.69) is 14.9 Å². The minimum absolute atomic E-state index is 0.0665. The number of fused-ring (bicyclic) bond motifs is 1. The third kappa shape index (κ3) is 4.38. The number of nitrogens with zero attached hydrogens (tertiary/aromatic N) is 3. The van der Waals surface area contributed by atoms with Gasteiger partial charge in [0.05, 0.1) is 23.8 Å². The van der Waals surface area contributed by atoms with Crippen LogP contribution in [0.25, 0.3) is 11.1 Å². The SMILES string of the molecule is COc1ncccc1-c1cn(CCCN2C[C@@H]3C[C@]3(c3ccc(C(F)(F)F)cc3)C2)c(=O)[nH]c1=O. The lowest BCUT2D eigenvalue weighted by molar-refractivity contribution is -0.137. The summed E-state index contributed by atoms with van der Waals surface area (Å²) in [6.45, 7) is 2.84. The fraction of sp³-hybridized carbons (Fsp3) is 0.400. The van der Waals surface area contributed by atoms with Gasteiger partial charge in [0.1, 0.15) is 0 Å². The van der Waals surface area contributed by atoms with Crippen molar-refractivity contribution in [2.45, 2.75) is 31.0 Å². The van der Waals surface area contributed by atoms with Crippen LogP contribution in [-0.4, -0.2) is 46.2 Å². The number of hydrogen-bond acceptors (Lipinski definition) is 5. The number of aromatic amines is 1. The molecule has 3 heterocycles. The number of nitrogens with one attached hydrogen (secondary N) is 1. The van der Waals surface area contributed by atoms with Crippen molar-refractivity contribution in [2.24, 2.45) is 5.92 Å². The van der Waals surface area contributed by atoms with Crippen LogP contribution in [0.5, 0.6) is 5.88 Å². The van der Waals surface area contributed by atoms with E-state index in [0.29, 0.717) is 35.9 Å². The fourth-order valence-electron chi connectivity index (χ4n) is 5.29. The van der Waals surface area contributed by atoms with Gasteiger partial charge in [-0.1, -0.05) is 12.1 Å². The highest BCUT2D eigenvalue weighted by Gasteiger charge is 2.60. The Morgan fingerprint density at radius 2 is 1.91 bits per heavy atom. The van der Waals surface area contributed by atoms with Gasteiger partial charge in [-0.15, -0.1) is 0 Å². The molecule has 1 aliphatic heterocycles. The summed E-state index contributed by atoms with van der Waals surface area (Å²) < 4.78 is 45.4. The van der Waals surface area contributed by atoms with Crippen LogP contribution in [0, 0.1) is 5.92 Å².